The average molecular weight is 827 g/mol. The quantitative estimate of drug-likeness (QED) is 0.0937. The van der Waals surface area contributed by atoms with Crippen molar-refractivity contribution >= 4 is 79.3 Å². The van der Waals surface area contributed by atoms with E-state index in [-0.39, 0.29) is 32.0 Å². The molecule has 284 valence electrons. The van der Waals surface area contributed by atoms with Crippen LogP contribution in [0.4, 0.5) is 0 Å². The van der Waals surface area contributed by atoms with E-state index >= 15 is 0 Å². The lowest BCUT2D eigenvalue weighted by Gasteiger charge is -2.21. The van der Waals surface area contributed by atoms with Crippen molar-refractivity contribution < 1.29 is 29.4 Å². The first kappa shape index (κ1) is 43.6. The second-order valence-electron chi connectivity index (χ2n) is 12.6. The van der Waals surface area contributed by atoms with Gasteiger partial charge in [-0.2, -0.15) is 0 Å². The van der Waals surface area contributed by atoms with Gasteiger partial charge in [-0.25, -0.2) is 0 Å². The number of phenolic OH excluding ortho intramolecular Hbond substituents is 2. The maximum absolute atomic E-state index is 13.2. The van der Waals surface area contributed by atoms with E-state index in [1.165, 1.54) is 11.8 Å². The van der Waals surface area contributed by atoms with Crippen molar-refractivity contribution in [1.29, 1.82) is 0 Å². The maximum Gasteiger partial charge on any atom is 0.219 e. The van der Waals surface area contributed by atoms with Gasteiger partial charge < -0.3 is 10.2 Å². The Bertz CT molecular complexity index is 2130. The first-order valence-electron chi connectivity index (χ1n) is 17.1. The van der Waals surface area contributed by atoms with Crippen LogP contribution < -0.4 is 0 Å². The minimum Gasteiger partial charge on any atom is -0.506 e. The van der Waals surface area contributed by atoms with Crippen LogP contribution in [0.2, 0.25) is 0 Å². The van der Waals surface area contributed by atoms with Crippen LogP contribution in [0.5, 0.6) is 11.5 Å². The predicted molar refractivity (Wildman–Crippen MR) is 233 cm³/mol. The van der Waals surface area contributed by atoms with Gasteiger partial charge in [-0.3, -0.25) is 19.2 Å². The minimum atomic E-state index is -0.314. The number of aromatic hydroxyl groups is 2. The molecule has 4 aromatic rings. The molecule has 0 aliphatic heterocycles. The highest BCUT2D eigenvalue weighted by Crippen LogP contribution is 2.53. The molecule has 0 amide bonds. The molecule has 0 saturated carbocycles. The molecule has 6 nitrogen and oxygen atoms in total. The molecule has 0 radical (unpaired) electrons. The number of carbonyl (C=O) groups excluding carboxylic acids is 4. The van der Waals surface area contributed by atoms with Crippen molar-refractivity contribution in [3.8, 4) is 33.8 Å². The summed E-state index contributed by atoms with van der Waals surface area (Å²) in [6, 6.07) is 18.1. The fourth-order valence-electron chi connectivity index (χ4n) is 5.18. The molecule has 4 rings (SSSR count). The van der Waals surface area contributed by atoms with Gasteiger partial charge in [0.15, 0.2) is 0 Å². The standard InChI is InChI=1S/C44H42O6S5/c1-11-27-15-13-17-29(39(27)54-43(49)25(7)8)35-31(19-21-33(37(35)45)52-41(47)23(3)4)51-32-20-22-34(53-42(48)24(5)6)38(46)36(32)30-18-14-16-28(12-2)40(30)55-44(50)26(9)10/h13-22,45-46H,3,5,7,9,11-12H2,1-2,4,6,8,10H3. The van der Waals surface area contributed by atoms with E-state index in [9.17, 15) is 29.4 Å². The molecule has 0 fully saturated rings. The third-order valence-corrected chi connectivity index (χ3v) is 13.8. The first-order valence-corrected chi connectivity index (χ1v) is 21.2. The number of aryl methyl sites for hydroxylation is 2. The third kappa shape index (κ3) is 10.2. The number of benzene rings is 4. The lowest BCUT2D eigenvalue weighted by molar-refractivity contribution is -0.108. The smallest absolute Gasteiger partial charge is 0.219 e. The Balaban J connectivity index is 2.09. The molecule has 0 atom stereocenters. The van der Waals surface area contributed by atoms with Crippen molar-refractivity contribution in [3.05, 3.63) is 120 Å². The molecule has 0 heterocycles. The number of rotatable bonds is 14. The predicted octanol–water partition coefficient (Wildman–Crippen LogP) is 12.5. The normalized spacial score (nSPS) is 10.9. The zero-order valence-electron chi connectivity index (χ0n) is 31.6. The van der Waals surface area contributed by atoms with Crippen LogP contribution in [0.3, 0.4) is 0 Å². The summed E-state index contributed by atoms with van der Waals surface area (Å²) in [4.78, 5) is 55.0. The lowest BCUT2D eigenvalue weighted by atomic mass is 10.0. The van der Waals surface area contributed by atoms with Crippen LogP contribution in [-0.4, -0.2) is 30.7 Å². The monoisotopic (exact) mass is 826 g/mol. The van der Waals surface area contributed by atoms with E-state index in [0.29, 0.717) is 86.8 Å². The summed E-state index contributed by atoms with van der Waals surface area (Å²) in [5, 5.41) is 23.1. The van der Waals surface area contributed by atoms with Crippen molar-refractivity contribution in [3.63, 3.8) is 0 Å². The van der Waals surface area contributed by atoms with Crippen LogP contribution >= 0.6 is 58.8 Å². The summed E-state index contributed by atoms with van der Waals surface area (Å²) in [7, 11) is 0. The van der Waals surface area contributed by atoms with Crippen molar-refractivity contribution in [2.45, 2.75) is 83.8 Å². The molecule has 0 saturated heterocycles. The molecule has 0 bridgehead atoms. The molecule has 0 unspecified atom stereocenters. The lowest BCUT2D eigenvalue weighted by Crippen LogP contribution is -1.99. The summed E-state index contributed by atoms with van der Waals surface area (Å²) >= 11 is 5.02. The number of hydrogen-bond donors (Lipinski definition) is 2. The fraction of sp³-hybridized carbons (Fsp3) is 0.182. The highest BCUT2D eigenvalue weighted by molar-refractivity contribution is 8.15. The minimum absolute atomic E-state index is 0.163. The van der Waals surface area contributed by atoms with E-state index in [0.717, 1.165) is 58.2 Å². The first-order chi connectivity index (χ1) is 26.0. The van der Waals surface area contributed by atoms with Crippen LogP contribution in [0.25, 0.3) is 22.3 Å². The number of thioether (sulfide) groups is 4. The topological polar surface area (TPSA) is 109 Å². The van der Waals surface area contributed by atoms with Gasteiger partial charge in [-0.15, -0.1) is 0 Å². The van der Waals surface area contributed by atoms with Gasteiger partial charge in [0, 0.05) is 41.8 Å². The maximum atomic E-state index is 13.2. The van der Waals surface area contributed by atoms with Crippen LogP contribution in [-0.2, 0) is 32.0 Å². The Labute approximate surface area is 344 Å². The Morgan fingerprint density at radius 1 is 0.491 bits per heavy atom. The molecule has 0 aliphatic carbocycles. The van der Waals surface area contributed by atoms with Gasteiger partial charge in [0.2, 0.25) is 20.5 Å². The zero-order chi connectivity index (χ0) is 40.7. The number of carbonyl (C=O) groups is 4. The summed E-state index contributed by atoms with van der Waals surface area (Å²) in [6.45, 7) is 25.7. The van der Waals surface area contributed by atoms with Crippen molar-refractivity contribution in [2.75, 3.05) is 0 Å². The molecule has 0 aliphatic rings. The van der Waals surface area contributed by atoms with Crippen LogP contribution in [0.1, 0.15) is 52.7 Å². The summed E-state index contributed by atoms with van der Waals surface area (Å²) in [5.41, 5.74) is 5.04. The SMILES string of the molecule is C=C(C)C(=O)Sc1ccc(Sc2ccc(SC(=O)C(=C)C)c(O)c2-c2cccc(CC)c2SC(=O)C(=C)C)c(-c2cccc(CC)c2SC(=O)C(=C)C)c1O. The highest BCUT2D eigenvalue weighted by Gasteiger charge is 2.27. The van der Waals surface area contributed by atoms with E-state index in [4.69, 9.17) is 0 Å². The van der Waals surface area contributed by atoms with E-state index in [1.54, 1.807) is 52.0 Å². The Hall–Kier alpha value is -4.13. The molecule has 4 aromatic carbocycles. The molecular formula is C44H42O6S5. The molecule has 55 heavy (non-hydrogen) atoms. The highest BCUT2D eigenvalue weighted by atomic mass is 32.2. The van der Waals surface area contributed by atoms with Gasteiger partial charge in [-0.1, -0.05) is 88.3 Å². The Morgan fingerprint density at radius 3 is 1.11 bits per heavy atom. The van der Waals surface area contributed by atoms with Gasteiger partial charge in [-0.05, 0) is 145 Å². The van der Waals surface area contributed by atoms with E-state index in [1.807, 2.05) is 50.2 Å². The second-order valence-corrected chi connectivity index (χ2v) is 17.7. The third-order valence-electron chi connectivity index (χ3n) is 8.11. The largest absolute Gasteiger partial charge is 0.506 e. The van der Waals surface area contributed by atoms with E-state index < -0.39 is 0 Å². The number of phenols is 2. The molecular weight excluding hydrogens is 785 g/mol. The Kier molecular flexibility index (Phi) is 15.2. The summed E-state index contributed by atoms with van der Waals surface area (Å²) < 4.78 is 0. The zero-order valence-corrected chi connectivity index (χ0v) is 35.7. The second kappa shape index (κ2) is 19.1. The molecule has 0 spiro atoms. The van der Waals surface area contributed by atoms with Gasteiger partial charge in [0.1, 0.15) is 11.5 Å². The fourth-order valence-corrected chi connectivity index (χ4v) is 9.69. The van der Waals surface area contributed by atoms with Gasteiger partial charge >= 0.3 is 0 Å². The van der Waals surface area contributed by atoms with Crippen molar-refractivity contribution in [1.82, 2.24) is 0 Å². The number of hydrogen-bond acceptors (Lipinski definition) is 11. The van der Waals surface area contributed by atoms with Crippen molar-refractivity contribution in [2.24, 2.45) is 0 Å². The summed E-state index contributed by atoms with van der Waals surface area (Å²) in [6.07, 6.45) is 1.20. The average Bonchev–Trinajstić information content (AvgIpc) is 3.14. The molecule has 11 heteroatoms. The summed E-state index contributed by atoms with van der Waals surface area (Å²) in [5.74, 6) is -0.326. The van der Waals surface area contributed by atoms with E-state index in [2.05, 4.69) is 26.3 Å². The van der Waals surface area contributed by atoms with Gasteiger partial charge in [0.25, 0.3) is 0 Å². The van der Waals surface area contributed by atoms with Gasteiger partial charge in [0.05, 0.1) is 9.79 Å². The van der Waals surface area contributed by atoms with Crippen LogP contribution in [0, 0.1) is 0 Å². The van der Waals surface area contributed by atoms with Crippen LogP contribution in [0.15, 0.2) is 139 Å². The Morgan fingerprint density at radius 2 is 0.800 bits per heavy atom. The molecule has 0 aromatic heterocycles. The molecule has 2 N–H and O–H groups in total.